The van der Waals surface area contributed by atoms with Crippen molar-refractivity contribution in [2.24, 2.45) is 23.7 Å². The van der Waals surface area contributed by atoms with Gasteiger partial charge in [-0.2, -0.15) is 0 Å². The van der Waals surface area contributed by atoms with Crippen molar-refractivity contribution in [1.82, 2.24) is 0 Å². The molecule has 0 bridgehead atoms. The van der Waals surface area contributed by atoms with Gasteiger partial charge in [0.25, 0.3) is 0 Å². The highest BCUT2D eigenvalue weighted by atomic mass is 31.2. The number of carbonyl (C=O) groups is 4. The molecular weight excluding hydrogens is 1220 g/mol. The second-order valence-corrected chi connectivity index (χ2v) is 31.0. The number of hydrogen-bond donors (Lipinski definition) is 3. The summed E-state index contributed by atoms with van der Waals surface area (Å²) in [6.45, 7) is 14.1. The number of hydrogen-bond acceptors (Lipinski definition) is 15. The molecule has 0 radical (unpaired) electrons. The lowest BCUT2D eigenvalue weighted by atomic mass is 9.99. The third-order valence-corrected chi connectivity index (χ3v) is 19.7. The van der Waals surface area contributed by atoms with Crippen LogP contribution < -0.4 is 0 Å². The highest BCUT2D eigenvalue weighted by molar-refractivity contribution is 7.47. The van der Waals surface area contributed by atoms with E-state index >= 15 is 0 Å². The number of carbonyl (C=O) groups excluding carboxylic acids is 4. The van der Waals surface area contributed by atoms with Crippen molar-refractivity contribution in [1.29, 1.82) is 0 Å². The van der Waals surface area contributed by atoms with E-state index in [0.717, 1.165) is 114 Å². The van der Waals surface area contributed by atoms with E-state index in [9.17, 15) is 43.2 Å². The first-order chi connectivity index (χ1) is 44.7. The lowest BCUT2D eigenvalue weighted by Crippen LogP contribution is -2.30. The van der Waals surface area contributed by atoms with Gasteiger partial charge in [-0.25, -0.2) is 9.13 Å². The third-order valence-electron chi connectivity index (χ3n) is 17.8. The van der Waals surface area contributed by atoms with E-state index in [1.54, 1.807) is 0 Å². The summed E-state index contributed by atoms with van der Waals surface area (Å²) >= 11 is 0. The normalized spacial score (nSPS) is 14.8. The van der Waals surface area contributed by atoms with Crippen molar-refractivity contribution in [3.05, 3.63) is 0 Å². The summed E-state index contributed by atoms with van der Waals surface area (Å²) < 4.78 is 68.4. The van der Waals surface area contributed by atoms with Gasteiger partial charge in [0.2, 0.25) is 0 Å². The minimum absolute atomic E-state index is 0.102. The van der Waals surface area contributed by atoms with Crippen LogP contribution in [0.3, 0.4) is 0 Å². The maximum Gasteiger partial charge on any atom is 0.472 e. The maximum absolute atomic E-state index is 13.1. The molecule has 0 aromatic heterocycles. The summed E-state index contributed by atoms with van der Waals surface area (Å²) in [6.07, 6.45) is 47.3. The van der Waals surface area contributed by atoms with Gasteiger partial charge in [0.15, 0.2) is 12.2 Å². The number of unbranched alkanes of at least 4 members (excludes halogenated alkanes) is 35. The van der Waals surface area contributed by atoms with Gasteiger partial charge in [0.05, 0.1) is 26.4 Å². The molecule has 0 aliphatic rings. The summed E-state index contributed by atoms with van der Waals surface area (Å²) in [5, 5.41) is 10.6. The van der Waals surface area contributed by atoms with Gasteiger partial charge >= 0.3 is 39.5 Å². The standard InChI is InChI=1S/C74H144O17P2/c1-9-66(7)52-44-36-28-22-19-20-23-29-38-46-54-71(76)84-60-69(90-73(78)56-48-40-30-24-18-16-14-12-11-13-15-17-21-26-34-42-50-64(3)4)62-88-92(80,81)86-58-68(75)59-87-93(82,83)89-63-70(91-74(79)57-49-41-33-32-37-45-53-67(8)10-2)61-85-72(77)55-47-39-31-25-27-35-43-51-65(5)6/h64-70,75H,9-63H2,1-8H3,(H,80,81)(H,82,83)/t66?,67?,68?,69-,70-/m1/s1. The third kappa shape index (κ3) is 65.8. The Morgan fingerprint density at radius 2 is 0.516 bits per heavy atom. The van der Waals surface area contributed by atoms with Crippen molar-refractivity contribution >= 4 is 39.5 Å². The van der Waals surface area contributed by atoms with Crippen LogP contribution in [0.1, 0.15) is 370 Å². The molecule has 0 aliphatic heterocycles. The van der Waals surface area contributed by atoms with E-state index in [1.807, 2.05) is 0 Å². The predicted octanol–water partition coefficient (Wildman–Crippen LogP) is 21.3. The van der Waals surface area contributed by atoms with Crippen molar-refractivity contribution in [3.63, 3.8) is 0 Å². The second kappa shape index (κ2) is 63.5. The lowest BCUT2D eigenvalue weighted by molar-refractivity contribution is -0.161. The van der Waals surface area contributed by atoms with Crippen LogP contribution in [-0.2, 0) is 65.4 Å². The first kappa shape index (κ1) is 91.1. The summed E-state index contributed by atoms with van der Waals surface area (Å²) in [5.74, 6) is 0.917. The van der Waals surface area contributed by atoms with Gasteiger partial charge in [-0.05, 0) is 49.4 Å². The minimum Gasteiger partial charge on any atom is -0.462 e. The molecule has 0 fully saturated rings. The van der Waals surface area contributed by atoms with Gasteiger partial charge in [-0.3, -0.25) is 37.3 Å². The zero-order valence-corrected chi connectivity index (χ0v) is 62.7. The van der Waals surface area contributed by atoms with Gasteiger partial charge in [-0.1, -0.05) is 319 Å². The molecule has 7 atom stereocenters. The molecule has 3 N–H and O–H groups in total. The molecule has 5 unspecified atom stereocenters. The Bertz CT molecular complexity index is 1840. The van der Waals surface area contributed by atoms with E-state index in [4.69, 9.17) is 37.0 Å². The topological polar surface area (TPSA) is 237 Å². The van der Waals surface area contributed by atoms with E-state index in [1.165, 1.54) is 167 Å². The molecule has 17 nitrogen and oxygen atoms in total. The minimum atomic E-state index is -4.96. The quantitative estimate of drug-likeness (QED) is 0.0222. The molecule has 0 saturated carbocycles. The average molecular weight is 1370 g/mol. The summed E-state index contributed by atoms with van der Waals surface area (Å²) in [4.78, 5) is 72.7. The molecule has 0 amide bonds. The maximum atomic E-state index is 13.1. The molecular formula is C74H144O17P2. The molecule has 0 spiro atoms. The number of phosphoric ester groups is 2. The monoisotopic (exact) mass is 1370 g/mol. The van der Waals surface area contributed by atoms with E-state index in [0.29, 0.717) is 31.6 Å². The van der Waals surface area contributed by atoms with Crippen LogP contribution in [-0.4, -0.2) is 96.7 Å². The van der Waals surface area contributed by atoms with Crippen molar-refractivity contribution in [2.75, 3.05) is 39.6 Å². The zero-order valence-electron chi connectivity index (χ0n) is 60.9. The lowest BCUT2D eigenvalue weighted by Gasteiger charge is -2.21. The van der Waals surface area contributed by atoms with Crippen LogP contribution in [0.5, 0.6) is 0 Å². The molecule has 0 saturated heterocycles. The molecule has 0 rings (SSSR count). The number of ether oxygens (including phenoxy) is 4. The van der Waals surface area contributed by atoms with Gasteiger partial charge in [0, 0.05) is 25.7 Å². The molecule has 552 valence electrons. The zero-order chi connectivity index (χ0) is 68.9. The second-order valence-electron chi connectivity index (χ2n) is 28.1. The van der Waals surface area contributed by atoms with Crippen molar-refractivity contribution in [2.45, 2.75) is 388 Å². The van der Waals surface area contributed by atoms with Crippen LogP contribution >= 0.6 is 15.6 Å². The molecule has 93 heavy (non-hydrogen) atoms. The number of rotatable bonds is 71. The van der Waals surface area contributed by atoms with Crippen LogP contribution in [0.25, 0.3) is 0 Å². The molecule has 19 heteroatoms. The summed E-state index contributed by atoms with van der Waals surface area (Å²) in [7, 11) is -9.91. The molecule has 0 heterocycles. The van der Waals surface area contributed by atoms with Gasteiger partial charge in [-0.15, -0.1) is 0 Å². The largest absolute Gasteiger partial charge is 0.472 e. The molecule has 0 aliphatic carbocycles. The molecule has 0 aromatic carbocycles. The van der Waals surface area contributed by atoms with Crippen LogP contribution in [0, 0.1) is 23.7 Å². The predicted molar refractivity (Wildman–Crippen MR) is 377 cm³/mol. The number of phosphoric acid groups is 2. The Hall–Kier alpha value is -1.94. The Balaban J connectivity index is 5.23. The molecule has 0 aromatic rings. The fourth-order valence-corrected chi connectivity index (χ4v) is 12.7. The van der Waals surface area contributed by atoms with Crippen molar-refractivity contribution in [3.8, 4) is 0 Å². The SMILES string of the molecule is CCC(C)CCCCCCCCCCCCC(=O)OC[C@H](COP(=O)(O)OCC(O)COP(=O)(O)OC[C@@H](COC(=O)CCCCCCCCCC(C)C)OC(=O)CCCCCCCCC(C)CC)OC(=O)CCCCCCCCCCCCCCCCCCC(C)C. The van der Waals surface area contributed by atoms with Crippen LogP contribution in [0.2, 0.25) is 0 Å². The Morgan fingerprint density at radius 3 is 0.763 bits per heavy atom. The van der Waals surface area contributed by atoms with Crippen LogP contribution in [0.4, 0.5) is 0 Å². The first-order valence-corrected chi connectivity index (χ1v) is 41.3. The van der Waals surface area contributed by atoms with E-state index in [-0.39, 0.29) is 25.7 Å². The summed E-state index contributed by atoms with van der Waals surface area (Å²) in [6, 6.07) is 0. The first-order valence-electron chi connectivity index (χ1n) is 38.3. The van der Waals surface area contributed by atoms with Gasteiger partial charge in [0.1, 0.15) is 19.3 Å². The highest BCUT2D eigenvalue weighted by Crippen LogP contribution is 2.45. The fourth-order valence-electron chi connectivity index (χ4n) is 11.1. The smallest absolute Gasteiger partial charge is 0.462 e. The average Bonchev–Trinajstić information content (AvgIpc) is 1.61. The number of aliphatic hydroxyl groups is 1. The van der Waals surface area contributed by atoms with Crippen molar-refractivity contribution < 1.29 is 80.2 Å². The summed E-state index contributed by atoms with van der Waals surface area (Å²) in [5.41, 5.74) is 0. The van der Waals surface area contributed by atoms with E-state index in [2.05, 4.69) is 55.4 Å². The van der Waals surface area contributed by atoms with Crippen LogP contribution in [0.15, 0.2) is 0 Å². The Morgan fingerprint density at radius 1 is 0.301 bits per heavy atom. The Kier molecular flexibility index (Phi) is 62.2. The highest BCUT2D eigenvalue weighted by Gasteiger charge is 2.30. The van der Waals surface area contributed by atoms with Gasteiger partial charge < -0.3 is 33.8 Å². The Labute approximate surface area is 568 Å². The number of esters is 4. The fraction of sp³-hybridized carbons (Fsp3) is 0.946. The number of aliphatic hydroxyl groups excluding tert-OH is 1. The van der Waals surface area contributed by atoms with E-state index < -0.39 is 97.5 Å².